The Hall–Kier alpha value is -1.55. The number of benzene rings is 1. The van der Waals surface area contributed by atoms with Crippen LogP contribution in [-0.4, -0.2) is 30.3 Å². The normalized spacial score (nSPS) is 17.0. The van der Waals surface area contributed by atoms with E-state index in [-0.39, 0.29) is 5.91 Å². The summed E-state index contributed by atoms with van der Waals surface area (Å²) in [6.45, 7) is 4.18. The number of nitrogens with one attached hydrogen (secondary N) is 1. The lowest BCUT2D eigenvalue weighted by molar-refractivity contribution is 0.0449. The predicted molar refractivity (Wildman–Crippen MR) is 78.2 cm³/mol. The summed E-state index contributed by atoms with van der Waals surface area (Å²) in [4.78, 5) is 12.2. The molecule has 0 unspecified atom stereocenters. The van der Waals surface area contributed by atoms with Crippen molar-refractivity contribution in [1.82, 2.24) is 5.32 Å². The first-order valence-electron chi connectivity index (χ1n) is 7.11. The van der Waals surface area contributed by atoms with E-state index in [9.17, 15) is 9.90 Å². The van der Waals surface area contributed by atoms with Gasteiger partial charge in [-0.3, -0.25) is 4.79 Å². The van der Waals surface area contributed by atoms with Crippen LogP contribution in [0.5, 0.6) is 5.75 Å². The minimum absolute atomic E-state index is 0.140. The van der Waals surface area contributed by atoms with Gasteiger partial charge in [0.05, 0.1) is 12.7 Å². The van der Waals surface area contributed by atoms with Crippen molar-refractivity contribution in [3.63, 3.8) is 0 Å². The van der Waals surface area contributed by atoms with Crippen molar-refractivity contribution in [3.05, 3.63) is 28.8 Å². The van der Waals surface area contributed by atoms with Gasteiger partial charge < -0.3 is 15.2 Å². The average molecular weight is 277 g/mol. The standard InChI is InChI=1S/C16H23NO3/c1-11-8-13(9-12(2)14(11)20-3)15(18)17-10-16(19)6-4-5-7-16/h8-9,19H,4-7,10H2,1-3H3,(H,17,18). The van der Waals surface area contributed by atoms with Crippen LogP contribution in [0.3, 0.4) is 0 Å². The maximum Gasteiger partial charge on any atom is 0.251 e. The molecule has 20 heavy (non-hydrogen) atoms. The van der Waals surface area contributed by atoms with Crippen LogP contribution < -0.4 is 10.1 Å². The molecule has 1 aliphatic rings. The SMILES string of the molecule is COc1c(C)cc(C(=O)NCC2(O)CCCC2)cc1C. The first kappa shape index (κ1) is 14.9. The van der Waals surface area contributed by atoms with Crippen molar-refractivity contribution in [1.29, 1.82) is 0 Å². The largest absolute Gasteiger partial charge is 0.496 e. The molecule has 110 valence electrons. The Morgan fingerprint density at radius 1 is 1.30 bits per heavy atom. The summed E-state index contributed by atoms with van der Waals surface area (Å²) in [6.07, 6.45) is 3.61. The highest BCUT2D eigenvalue weighted by Crippen LogP contribution is 2.29. The quantitative estimate of drug-likeness (QED) is 0.888. The topological polar surface area (TPSA) is 58.6 Å². The third-order valence-corrected chi connectivity index (χ3v) is 4.04. The molecule has 1 aromatic rings. The van der Waals surface area contributed by atoms with Gasteiger partial charge in [0.15, 0.2) is 0 Å². The number of hydrogen-bond donors (Lipinski definition) is 2. The van der Waals surface area contributed by atoms with E-state index in [2.05, 4.69) is 5.32 Å². The number of aliphatic hydroxyl groups is 1. The fourth-order valence-electron chi connectivity index (χ4n) is 2.96. The lowest BCUT2D eigenvalue weighted by Gasteiger charge is -2.22. The van der Waals surface area contributed by atoms with E-state index in [0.717, 1.165) is 42.6 Å². The Bertz CT molecular complexity index is 481. The number of carbonyl (C=O) groups is 1. The molecule has 0 radical (unpaired) electrons. The highest BCUT2D eigenvalue weighted by molar-refractivity contribution is 5.95. The third-order valence-electron chi connectivity index (χ3n) is 4.04. The van der Waals surface area contributed by atoms with Gasteiger partial charge in [0.1, 0.15) is 5.75 Å². The molecule has 0 aliphatic heterocycles. The molecule has 2 N–H and O–H groups in total. The maximum atomic E-state index is 12.2. The van der Waals surface area contributed by atoms with Gasteiger partial charge in [-0.2, -0.15) is 0 Å². The van der Waals surface area contributed by atoms with E-state index in [0.29, 0.717) is 12.1 Å². The van der Waals surface area contributed by atoms with Crippen molar-refractivity contribution in [3.8, 4) is 5.75 Å². The molecule has 2 rings (SSSR count). The van der Waals surface area contributed by atoms with E-state index < -0.39 is 5.60 Å². The monoisotopic (exact) mass is 277 g/mol. The van der Waals surface area contributed by atoms with Gasteiger partial charge in [0.25, 0.3) is 5.91 Å². The second-order valence-electron chi connectivity index (χ2n) is 5.76. The molecule has 0 bridgehead atoms. The fourth-order valence-corrected chi connectivity index (χ4v) is 2.96. The molecule has 1 amide bonds. The van der Waals surface area contributed by atoms with Gasteiger partial charge in [-0.1, -0.05) is 12.8 Å². The number of carbonyl (C=O) groups excluding carboxylic acids is 1. The van der Waals surface area contributed by atoms with Gasteiger partial charge in [-0.25, -0.2) is 0 Å². The maximum absolute atomic E-state index is 12.2. The van der Waals surface area contributed by atoms with E-state index in [1.54, 1.807) is 7.11 Å². The number of ether oxygens (including phenoxy) is 1. The summed E-state index contributed by atoms with van der Waals surface area (Å²) in [5, 5.41) is 13.1. The summed E-state index contributed by atoms with van der Waals surface area (Å²) in [5.41, 5.74) is 1.78. The minimum Gasteiger partial charge on any atom is -0.496 e. The van der Waals surface area contributed by atoms with Crippen LogP contribution in [-0.2, 0) is 0 Å². The van der Waals surface area contributed by atoms with Gasteiger partial charge in [-0.05, 0) is 49.9 Å². The second kappa shape index (κ2) is 5.83. The summed E-state index contributed by atoms with van der Waals surface area (Å²) in [5.74, 6) is 0.676. The first-order chi connectivity index (χ1) is 9.45. The Kier molecular flexibility index (Phi) is 4.33. The Morgan fingerprint density at radius 3 is 2.35 bits per heavy atom. The van der Waals surface area contributed by atoms with Crippen LogP contribution in [0.25, 0.3) is 0 Å². The van der Waals surface area contributed by atoms with E-state index >= 15 is 0 Å². The van der Waals surface area contributed by atoms with Crippen LogP contribution in [0, 0.1) is 13.8 Å². The van der Waals surface area contributed by atoms with Crippen molar-refractivity contribution < 1.29 is 14.6 Å². The van der Waals surface area contributed by atoms with Crippen molar-refractivity contribution >= 4 is 5.91 Å². The zero-order valence-electron chi connectivity index (χ0n) is 12.5. The zero-order chi connectivity index (χ0) is 14.8. The Balaban J connectivity index is 2.06. The molecular weight excluding hydrogens is 254 g/mol. The number of aryl methyl sites for hydroxylation is 2. The average Bonchev–Trinajstić information content (AvgIpc) is 2.83. The van der Waals surface area contributed by atoms with Crippen LogP contribution in [0.1, 0.15) is 47.2 Å². The molecule has 0 atom stereocenters. The summed E-state index contributed by atoms with van der Waals surface area (Å²) < 4.78 is 5.30. The lowest BCUT2D eigenvalue weighted by Crippen LogP contribution is -2.40. The van der Waals surface area contributed by atoms with Gasteiger partial charge in [0, 0.05) is 12.1 Å². The van der Waals surface area contributed by atoms with Crippen molar-refractivity contribution in [2.75, 3.05) is 13.7 Å². The molecule has 1 fully saturated rings. The molecule has 0 saturated heterocycles. The number of hydrogen-bond acceptors (Lipinski definition) is 3. The molecule has 0 heterocycles. The van der Waals surface area contributed by atoms with Crippen molar-refractivity contribution in [2.24, 2.45) is 0 Å². The molecule has 0 spiro atoms. The summed E-state index contributed by atoms with van der Waals surface area (Å²) in [6, 6.07) is 3.64. The molecule has 1 aliphatic carbocycles. The van der Waals surface area contributed by atoms with Crippen LogP contribution >= 0.6 is 0 Å². The predicted octanol–water partition coefficient (Wildman–Crippen LogP) is 2.35. The molecular formula is C16H23NO3. The smallest absolute Gasteiger partial charge is 0.251 e. The van der Waals surface area contributed by atoms with E-state index in [1.807, 2.05) is 26.0 Å². The summed E-state index contributed by atoms with van der Waals surface area (Å²) in [7, 11) is 1.63. The number of rotatable bonds is 4. The highest BCUT2D eigenvalue weighted by atomic mass is 16.5. The highest BCUT2D eigenvalue weighted by Gasteiger charge is 2.31. The second-order valence-corrected chi connectivity index (χ2v) is 5.76. The van der Waals surface area contributed by atoms with Crippen LogP contribution in [0.4, 0.5) is 0 Å². The molecule has 0 aromatic heterocycles. The van der Waals surface area contributed by atoms with Crippen molar-refractivity contribution in [2.45, 2.75) is 45.1 Å². The third kappa shape index (κ3) is 3.12. The molecule has 1 aromatic carbocycles. The van der Waals surface area contributed by atoms with Gasteiger partial charge in [-0.15, -0.1) is 0 Å². The lowest BCUT2D eigenvalue weighted by atomic mass is 10.0. The fraction of sp³-hybridized carbons (Fsp3) is 0.562. The van der Waals surface area contributed by atoms with Gasteiger partial charge >= 0.3 is 0 Å². The first-order valence-corrected chi connectivity index (χ1v) is 7.11. The minimum atomic E-state index is -0.716. The zero-order valence-corrected chi connectivity index (χ0v) is 12.5. The van der Waals surface area contributed by atoms with Gasteiger partial charge in [0.2, 0.25) is 0 Å². The summed E-state index contributed by atoms with van der Waals surface area (Å²) >= 11 is 0. The van der Waals surface area contributed by atoms with E-state index in [4.69, 9.17) is 4.74 Å². The number of amides is 1. The Labute approximate surface area is 120 Å². The van der Waals surface area contributed by atoms with Crippen LogP contribution in [0.2, 0.25) is 0 Å². The molecule has 4 heteroatoms. The Morgan fingerprint density at radius 2 is 1.85 bits per heavy atom. The molecule has 1 saturated carbocycles. The molecule has 4 nitrogen and oxygen atoms in total. The van der Waals surface area contributed by atoms with E-state index in [1.165, 1.54) is 0 Å². The van der Waals surface area contributed by atoms with Crippen LogP contribution in [0.15, 0.2) is 12.1 Å². The number of methoxy groups -OCH3 is 1.